The van der Waals surface area contributed by atoms with Crippen LogP contribution in [-0.4, -0.2) is 75.4 Å². The number of ether oxygens (including phenoxy) is 3. The number of nitriles is 1. The number of pyridine rings is 1. The standard InChI is InChI=1S/C44H42FN7O6/c1-3-33-37(45)16-11-29-9-5-10-35(38(29)33)39-34(4-2)40-36(25-47-39)41(50-21-6-8-28(24-46)18-23-50)49-42(48-40)57-27-44-19-7-22-51(44)31(17-20-44)26-56-43(53)58-32-14-12-30(13-15-32)52(54)55/h1,5,9-16,25,28,31H,4,6-8,17-23,26-27H2,2H3/t28?,31-,44-/m0/s1. The Balaban J connectivity index is 1.09. The number of hydrogen-bond donors (Lipinski definition) is 0. The minimum Gasteiger partial charge on any atom is -0.461 e. The topological polar surface area (TPSA) is 157 Å². The number of aryl methyl sites for hydroxylation is 1. The average molecular weight is 784 g/mol. The Labute approximate surface area is 334 Å². The van der Waals surface area contributed by atoms with Crippen molar-refractivity contribution in [3.8, 4) is 41.4 Å². The number of nitro benzene ring substituents is 1. The minimum absolute atomic E-state index is 0.0298. The molecule has 3 aromatic carbocycles. The molecule has 5 aromatic rings. The number of terminal acetylenes is 1. The van der Waals surface area contributed by atoms with E-state index in [1.54, 1.807) is 12.3 Å². The van der Waals surface area contributed by atoms with Gasteiger partial charge in [0.05, 0.1) is 38.7 Å². The molecule has 1 unspecified atom stereocenters. The molecule has 0 amide bonds. The number of benzene rings is 3. The number of nitrogens with zero attached hydrogens (tertiary/aromatic N) is 7. The van der Waals surface area contributed by atoms with Crippen LogP contribution < -0.4 is 14.4 Å². The molecule has 3 aliphatic rings. The van der Waals surface area contributed by atoms with Crippen LogP contribution in [0.5, 0.6) is 11.8 Å². The van der Waals surface area contributed by atoms with E-state index >= 15 is 4.39 Å². The number of fused-ring (bicyclic) bond motifs is 3. The third-order valence-electron chi connectivity index (χ3n) is 11.9. The van der Waals surface area contributed by atoms with Gasteiger partial charge in [-0.3, -0.25) is 20.0 Å². The monoisotopic (exact) mass is 783 g/mol. The lowest BCUT2D eigenvalue weighted by Gasteiger charge is -2.34. The molecule has 3 atom stereocenters. The lowest BCUT2D eigenvalue weighted by atomic mass is 9.93. The molecule has 5 heterocycles. The van der Waals surface area contributed by atoms with Crippen molar-refractivity contribution < 1.29 is 28.3 Å². The van der Waals surface area contributed by atoms with Crippen molar-refractivity contribution in [2.45, 2.75) is 69.9 Å². The molecular weight excluding hydrogens is 742 g/mol. The number of rotatable bonds is 10. The largest absolute Gasteiger partial charge is 0.513 e. The number of anilines is 1. The Bertz CT molecular complexity index is 2480. The molecule has 14 heteroatoms. The predicted molar refractivity (Wildman–Crippen MR) is 215 cm³/mol. The Hall–Kier alpha value is -6.38. The summed E-state index contributed by atoms with van der Waals surface area (Å²) in [5, 5.41) is 22.9. The third kappa shape index (κ3) is 7.32. The van der Waals surface area contributed by atoms with Gasteiger partial charge < -0.3 is 19.1 Å². The van der Waals surface area contributed by atoms with Gasteiger partial charge in [-0.15, -0.1) is 6.42 Å². The van der Waals surface area contributed by atoms with E-state index in [4.69, 9.17) is 35.6 Å². The lowest BCUT2D eigenvalue weighted by Crippen LogP contribution is -2.48. The molecule has 0 saturated carbocycles. The maximum Gasteiger partial charge on any atom is 0.513 e. The van der Waals surface area contributed by atoms with Crippen molar-refractivity contribution in [3.05, 3.63) is 87.9 Å². The SMILES string of the molecule is C#Cc1c(F)ccc2cccc(-c3ncc4c(N5CCCC(C#N)CC5)nc(OC[C@@]56CCCN5[C@H](COC(=O)Oc5ccc([N+](=O)[O-])cc5)CC6)nc4c3CC)c12. The molecule has 0 aliphatic carbocycles. The number of aromatic nitrogens is 3. The summed E-state index contributed by atoms with van der Waals surface area (Å²) in [4.78, 5) is 42.7. The number of nitro groups is 1. The van der Waals surface area contributed by atoms with Gasteiger partial charge in [-0.05, 0) is 81.5 Å². The van der Waals surface area contributed by atoms with Gasteiger partial charge in [-0.25, -0.2) is 9.18 Å². The van der Waals surface area contributed by atoms with Crippen LogP contribution in [0.4, 0.5) is 20.7 Å². The van der Waals surface area contributed by atoms with E-state index in [0.29, 0.717) is 60.5 Å². The Morgan fingerprint density at radius 2 is 1.91 bits per heavy atom. The van der Waals surface area contributed by atoms with Gasteiger partial charge in [0.25, 0.3) is 5.69 Å². The van der Waals surface area contributed by atoms with Crippen molar-refractivity contribution in [2.24, 2.45) is 5.92 Å². The minimum atomic E-state index is -0.877. The molecule has 0 bridgehead atoms. The van der Waals surface area contributed by atoms with E-state index in [1.165, 1.54) is 30.3 Å². The van der Waals surface area contributed by atoms with Crippen molar-refractivity contribution in [1.82, 2.24) is 19.9 Å². The number of halogens is 1. The summed E-state index contributed by atoms with van der Waals surface area (Å²) in [6.45, 7) is 4.66. The van der Waals surface area contributed by atoms with E-state index < -0.39 is 16.9 Å². The first kappa shape index (κ1) is 38.5. The highest BCUT2D eigenvalue weighted by Crippen LogP contribution is 2.43. The maximum atomic E-state index is 15.1. The molecule has 3 fully saturated rings. The van der Waals surface area contributed by atoms with Crippen LogP contribution in [0.2, 0.25) is 0 Å². The van der Waals surface area contributed by atoms with Gasteiger partial charge in [-0.2, -0.15) is 15.2 Å². The molecule has 3 saturated heterocycles. The van der Waals surface area contributed by atoms with Gasteiger partial charge in [0, 0.05) is 59.9 Å². The molecule has 3 aliphatic heterocycles. The summed E-state index contributed by atoms with van der Waals surface area (Å²) >= 11 is 0. The summed E-state index contributed by atoms with van der Waals surface area (Å²) < 4.78 is 32.5. The van der Waals surface area contributed by atoms with Crippen LogP contribution in [0.3, 0.4) is 0 Å². The Kier molecular flexibility index (Phi) is 10.8. The average Bonchev–Trinajstić information content (AvgIpc) is 3.71. The van der Waals surface area contributed by atoms with Gasteiger partial charge >= 0.3 is 12.2 Å². The van der Waals surface area contributed by atoms with E-state index in [-0.39, 0.29) is 47.1 Å². The molecule has 8 rings (SSSR count). The van der Waals surface area contributed by atoms with Crippen molar-refractivity contribution in [3.63, 3.8) is 0 Å². The van der Waals surface area contributed by atoms with Crippen LogP contribution in [0.25, 0.3) is 32.9 Å². The Morgan fingerprint density at radius 3 is 2.69 bits per heavy atom. The molecule has 2 aromatic heterocycles. The highest BCUT2D eigenvalue weighted by Gasteiger charge is 2.50. The fourth-order valence-corrected chi connectivity index (χ4v) is 9.02. The second kappa shape index (κ2) is 16.2. The maximum absolute atomic E-state index is 15.1. The molecular formula is C44H42FN7O6. The number of carbonyl (C=O) groups excluding carboxylic acids is 1. The molecule has 0 spiro atoms. The summed E-state index contributed by atoms with van der Waals surface area (Å²) in [7, 11) is 0. The van der Waals surface area contributed by atoms with Gasteiger partial charge in [-0.1, -0.05) is 37.1 Å². The van der Waals surface area contributed by atoms with E-state index in [1.807, 2.05) is 25.1 Å². The molecule has 58 heavy (non-hydrogen) atoms. The van der Waals surface area contributed by atoms with E-state index in [9.17, 15) is 20.2 Å². The molecule has 13 nitrogen and oxygen atoms in total. The molecule has 296 valence electrons. The first-order valence-electron chi connectivity index (χ1n) is 19.7. The first-order chi connectivity index (χ1) is 28.2. The van der Waals surface area contributed by atoms with E-state index in [2.05, 4.69) is 21.8 Å². The van der Waals surface area contributed by atoms with Crippen LogP contribution in [0.1, 0.15) is 63.0 Å². The van der Waals surface area contributed by atoms with Gasteiger partial charge in [0.2, 0.25) is 0 Å². The number of non-ortho nitro benzene ring substituents is 1. The number of hydrogen-bond acceptors (Lipinski definition) is 12. The van der Waals surface area contributed by atoms with Crippen LogP contribution in [0.15, 0.2) is 60.8 Å². The summed E-state index contributed by atoms with van der Waals surface area (Å²) in [6.07, 6.45) is 13.1. The summed E-state index contributed by atoms with van der Waals surface area (Å²) in [5.74, 6) is 2.91. The first-order valence-corrected chi connectivity index (χ1v) is 19.7. The van der Waals surface area contributed by atoms with Crippen LogP contribution in [0, 0.1) is 45.5 Å². The third-order valence-corrected chi connectivity index (χ3v) is 11.9. The highest BCUT2D eigenvalue weighted by atomic mass is 19.1. The molecule has 0 N–H and O–H groups in total. The predicted octanol–water partition coefficient (Wildman–Crippen LogP) is 8.16. The van der Waals surface area contributed by atoms with Crippen LogP contribution in [-0.2, 0) is 11.2 Å². The van der Waals surface area contributed by atoms with Gasteiger partial charge in [0.1, 0.15) is 30.6 Å². The second-order valence-corrected chi connectivity index (χ2v) is 15.2. The second-order valence-electron chi connectivity index (χ2n) is 15.2. The quantitative estimate of drug-likeness (QED) is 0.0441. The fraction of sp³-hybridized carbons (Fsp3) is 0.386. The van der Waals surface area contributed by atoms with Crippen molar-refractivity contribution in [1.29, 1.82) is 5.26 Å². The highest BCUT2D eigenvalue weighted by molar-refractivity contribution is 6.03. The Morgan fingerprint density at radius 1 is 1.07 bits per heavy atom. The van der Waals surface area contributed by atoms with Crippen LogP contribution >= 0.6 is 0 Å². The fourth-order valence-electron chi connectivity index (χ4n) is 9.02. The summed E-state index contributed by atoms with van der Waals surface area (Å²) in [6, 6.07) is 16.7. The van der Waals surface area contributed by atoms with Crippen molar-refractivity contribution >= 4 is 39.3 Å². The zero-order valence-corrected chi connectivity index (χ0v) is 32.2. The smallest absolute Gasteiger partial charge is 0.461 e. The molecule has 0 radical (unpaired) electrons. The summed E-state index contributed by atoms with van der Waals surface area (Å²) in [5.41, 5.74) is 2.68. The zero-order valence-electron chi connectivity index (χ0n) is 32.2. The van der Waals surface area contributed by atoms with Crippen molar-refractivity contribution in [2.75, 3.05) is 37.7 Å². The van der Waals surface area contributed by atoms with E-state index in [0.717, 1.165) is 61.4 Å². The zero-order chi connectivity index (χ0) is 40.4. The normalized spacial score (nSPS) is 20.6. The number of carbonyl (C=O) groups is 1. The lowest BCUT2D eigenvalue weighted by molar-refractivity contribution is -0.384. The van der Waals surface area contributed by atoms with Gasteiger partial charge in [0.15, 0.2) is 0 Å².